The van der Waals surface area contributed by atoms with Crippen molar-refractivity contribution in [3.63, 3.8) is 0 Å². The number of benzene rings is 4. The third-order valence-electron chi connectivity index (χ3n) is 7.01. The fourth-order valence-corrected chi connectivity index (χ4v) is 5.40. The summed E-state index contributed by atoms with van der Waals surface area (Å²) in [7, 11) is -3.33. The van der Waals surface area contributed by atoms with E-state index >= 15 is 0 Å². The van der Waals surface area contributed by atoms with Crippen LogP contribution in [0.5, 0.6) is 11.5 Å². The molecule has 8 nitrogen and oxygen atoms in total. The molecule has 44 heavy (non-hydrogen) atoms. The summed E-state index contributed by atoms with van der Waals surface area (Å²) in [5, 5.41) is 6.00. The highest BCUT2D eigenvalue weighted by molar-refractivity contribution is 7.92. The van der Waals surface area contributed by atoms with E-state index in [1.54, 1.807) is 36.4 Å². The molecule has 4 aromatic carbocycles. The number of likely N-dealkylation sites (tertiary alicyclic amines) is 1. The molecule has 0 saturated carbocycles. The zero-order valence-corrected chi connectivity index (χ0v) is 25.6. The van der Waals surface area contributed by atoms with E-state index in [1.165, 1.54) is 11.6 Å². The summed E-state index contributed by atoms with van der Waals surface area (Å²) in [6.07, 6.45) is 3.05. The summed E-state index contributed by atoms with van der Waals surface area (Å²) >= 11 is 0. The molecule has 0 atom stereocenters. The molecule has 0 spiro atoms. The van der Waals surface area contributed by atoms with Gasteiger partial charge in [-0.1, -0.05) is 12.1 Å². The lowest BCUT2D eigenvalue weighted by Gasteiger charge is -2.33. The number of hydrogen-bond acceptors (Lipinski definition) is 6. The Balaban J connectivity index is 0.00000442. The van der Waals surface area contributed by atoms with Crippen LogP contribution in [0, 0.1) is 11.6 Å². The first-order valence-electron chi connectivity index (χ1n) is 13.8. The van der Waals surface area contributed by atoms with Crippen molar-refractivity contribution in [1.82, 2.24) is 4.90 Å². The van der Waals surface area contributed by atoms with E-state index < -0.39 is 27.6 Å². The predicted molar refractivity (Wildman–Crippen MR) is 171 cm³/mol. The van der Waals surface area contributed by atoms with E-state index in [0.29, 0.717) is 28.8 Å². The third kappa shape index (κ3) is 9.40. The number of hydrogen-bond donors (Lipinski definition) is 3. The molecule has 4 aromatic rings. The van der Waals surface area contributed by atoms with Crippen LogP contribution in [0.15, 0.2) is 91.0 Å². The molecule has 0 radical (unpaired) electrons. The minimum atomic E-state index is -3.33. The van der Waals surface area contributed by atoms with Crippen LogP contribution in [0.1, 0.15) is 28.8 Å². The number of nitrogens with one attached hydrogen (secondary N) is 3. The van der Waals surface area contributed by atoms with Crippen LogP contribution in [0.2, 0.25) is 0 Å². The van der Waals surface area contributed by atoms with Crippen molar-refractivity contribution in [3.8, 4) is 11.5 Å². The second kappa shape index (κ2) is 14.5. The number of carbonyl (C=O) groups is 1. The number of ether oxygens (including phenoxy) is 1. The Kier molecular flexibility index (Phi) is 10.8. The number of rotatable bonds is 10. The molecule has 0 aromatic heterocycles. The van der Waals surface area contributed by atoms with Crippen molar-refractivity contribution in [2.24, 2.45) is 0 Å². The van der Waals surface area contributed by atoms with Gasteiger partial charge in [0.15, 0.2) is 0 Å². The topological polar surface area (TPSA) is 99.8 Å². The lowest BCUT2D eigenvalue weighted by atomic mass is 10.0. The van der Waals surface area contributed by atoms with E-state index in [0.717, 1.165) is 56.6 Å². The molecule has 1 aliphatic rings. The summed E-state index contributed by atoms with van der Waals surface area (Å²) in [6, 6.07) is 25.0. The number of piperidine rings is 1. The molecule has 1 saturated heterocycles. The first-order valence-corrected chi connectivity index (χ1v) is 15.7. The predicted octanol–water partition coefficient (Wildman–Crippen LogP) is 6.88. The Labute approximate surface area is 261 Å². The molecule has 5 rings (SSSR count). The molecule has 232 valence electrons. The monoisotopic (exact) mass is 642 g/mol. The van der Waals surface area contributed by atoms with E-state index in [9.17, 15) is 22.0 Å². The molecule has 12 heteroatoms. The fourth-order valence-electron chi connectivity index (χ4n) is 4.84. The van der Waals surface area contributed by atoms with Gasteiger partial charge < -0.3 is 15.4 Å². The van der Waals surface area contributed by atoms with Gasteiger partial charge in [-0.05, 0) is 91.2 Å². The third-order valence-corrected chi connectivity index (χ3v) is 7.61. The van der Waals surface area contributed by atoms with Crippen LogP contribution in [0.4, 0.5) is 25.8 Å². The molecular weight excluding hydrogens is 610 g/mol. The summed E-state index contributed by atoms with van der Waals surface area (Å²) in [4.78, 5) is 14.9. The SMILES string of the molecule is CS(=O)(=O)Nc1ccc(Oc2ccc(CN3CCC(Nc4ccc(C(=O)Nc5ccc(F)cc5F)cc4)CC3)cc2)cc1.Cl. The Morgan fingerprint density at radius 3 is 2.05 bits per heavy atom. The average molecular weight is 643 g/mol. The summed E-state index contributed by atoms with van der Waals surface area (Å²) in [5.41, 5.74) is 2.86. The quantitative estimate of drug-likeness (QED) is 0.174. The molecule has 1 amide bonds. The molecule has 0 unspecified atom stereocenters. The maximum absolute atomic E-state index is 13.8. The van der Waals surface area contributed by atoms with Crippen LogP contribution in [0.25, 0.3) is 0 Å². The average Bonchev–Trinajstić information content (AvgIpc) is 2.97. The molecule has 3 N–H and O–H groups in total. The maximum atomic E-state index is 13.8. The fraction of sp³-hybridized carbons (Fsp3) is 0.219. The number of anilines is 3. The van der Waals surface area contributed by atoms with Crippen molar-refractivity contribution in [1.29, 1.82) is 0 Å². The number of sulfonamides is 1. The van der Waals surface area contributed by atoms with Gasteiger partial charge in [0.2, 0.25) is 10.0 Å². The summed E-state index contributed by atoms with van der Waals surface area (Å²) in [5.74, 6) is -0.690. The normalized spacial score (nSPS) is 13.9. The van der Waals surface area contributed by atoms with Crippen molar-refractivity contribution in [2.75, 3.05) is 34.7 Å². The van der Waals surface area contributed by atoms with Gasteiger partial charge in [0, 0.05) is 48.7 Å². The van der Waals surface area contributed by atoms with E-state index in [2.05, 4.69) is 20.3 Å². The lowest BCUT2D eigenvalue weighted by Crippen LogP contribution is -2.38. The zero-order valence-electron chi connectivity index (χ0n) is 23.9. The minimum Gasteiger partial charge on any atom is -0.457 e. The Hall–Kier alpha value is -4.19. The van der Waals surface area contributed by atoms with E-state index in [-0.39, 0.29) is 18.1 Å². The smallest absolute Gasteiger partial charge is 0.255 e. The van der Waals surface area contributed by atoms with Gasteiger partial charge in [-0.25, -0.2) is 17.2 Å². The largest absolute Gasteiger partial charge is 0.457 e. The number of carbonyl (C=O) groups excluding carboxylic acids is 1. The van der Waals surface area contributed by atoms with Gasteiger partial charge in [-0.2, -0.15) is 0 Å². The second-order valence-corrected chi connectivity index (χ2v) is 12.2. The molecule has 1 fully saturated rings. The first-order chi connectivity index (χ1) is 20.6. The highest BCUT2D eigenvalue weighted by Gasteiger charge is 2.19. The van der Waals surface area contributed by atoms with E-state index in [1.807, 2.05) is 36.4 Å². The Morgan fingerprint density at radius 2 is 1.45 bits per heavy atom. The van der Waals surface area contributed by atoms with Gasteiger partial charge in [0.05, 0.1) is 11.9 Å². The summed E-state index contributed by atoms with van der Waals surface area (Å²) in [6.45, 7) is 2.71. The second-order valence-electron chi connectivity index (χ2n) is 10.5. The van der Waals surface area contributed by atoms with Gasteiger partial charge in [-0.15, -0.1) is 12.4 Å². The number of nitrogens with zero attached hydrogens (tertiary/aromatic N) is 1. The molecule has 1 aliphatic heterocycles. The van der Waals surface area contributed by atoms with Gasteiger partial charge in [-0.3, -0.25) is 14.4 Å². The molecule has 1 heterocycles. The van der Waals surface area contributed by atoms with Crippen LogP contribution in [0.3, 0.4) is 0 Å². The van der Waals surface area contributed by atoms with Crippen LogP contribution >= 0.6 is 12.4 Å². The lowest BCUT2D eigenvalue weighted by molar-refractivity contribution is 0.102. The zero-order chi connectivity index (χ0) is 30.4. The number of amides is 1. The van der Waals surface area contributed by atoms with Gasteiger partial charge >= 0.3 is 0 Å². The number of halogens is 3. The standard InChI is InChI=1S/C32H32F2N4O4S.ClH/c1-43(40,41)37-27-9-13-29(14-10-27)42-28-11-2-22(3-12-28)21-38-18-16-26(17-19-38)35-25-7-4-23(5-8-25)32(39)36-31-15-6-24(33)20-30(31)34;/h2-15,20,26,35,37H,16-19,21H2,1H3,(H,36,39);1H. The van der Waals surface area contributed by atoms with Crippen molar-refractivity contribution in [3.05, 3.63) is 114 Å². The highest BCUT2D eigenvalue weighted by atomic mass is 35.5. The van der Waals surface area contributed by atoms with Crippen molar-refractivity contribution < 1.29 is 26.7 Å². The molecule has 0 bridgehead atoms. The molecule has 0 aliphatic carbocycles. The van der Waals surface area contributed by atoms with Gasteiger partial charge in [0.1, 0.15) is 23.1 Å². The van der Waals surface area contributed by atoms with Crippen LogP contribution in [-0.4, -0.2) is 44.6 Å². The van der Waals surface area contributed by atoms with Crippen LogP contribution in [-0.2, 0) is 16.6 Å². The van der Waals surface area contributed by atoms with Crippen LogP contribution < -0.4 is 20.1 Å². The van der Waals surface area contributed by atoms with Crippen molar-refractivity contribution in [2.45, 2.75) is 25.4 Å². The summed E-state index contributed by atoms with van der Waals surface area (Å²) < 4.78 is 58.0. The highest BCUT2D eigenvalue weighted by Crippen LogP contribution is 2.25. The van der Waals surface area contributed by atoms with E-state index in [4.69, 9.17) is 4.74 Å². The minimum absolute atomic E-state index is 0. The van der Waals surface area contributed by atoms with Gasteiger partial charge in [0.25, 0.3) is 5.91 Å². The van der Waals surface area contributed by atoms with Crippen molar-refractivity contribution >= 4 is 45.4 Å². The maximum Gasteiger partial charge on any atom is 0.255 e. The Bertz CT molecular complexity index is 1660. The molecular formula is C32H33ClF2N4O4S. The first kappa shape index (κ1) is 32.7. The Morgan fingerprint density at radius 1 is 0.864 bits per heavy atom.